The van der Waals surface area contributed by atoms with Gasteiger partial charge >= 0.3 is 0 Å². The van der Waals surface area contributed by atoms with Gasteiger partial charge in [-0.3, -0.25) is 4.90 Å². The highest BCUT2D eigenvalue weighted by atomic mass is 35.5. The molecule has 2 fully saturated rings. The molecular weight excluding hydrogens is 232 g/mol. The molecule has 0 atom stereocenters. The number of hydrogen-bond acceptors (Lipinski definition) is 2. The van der Waals surface area contributed by atoms with E-state index in [1.807, 2.05) is 12.1 Å². The first-order chi connectivity index (χ1) is 8.22. The van der Waals surface area contributed by atoms with Crippen molar-refractivity contribution in [2.75, 3.05) is 12.3 Å². The number of benzene rings is 1. The van der Waals surface area contributed by atoms with Gasteiger partial charge in [-0.15, -0.1) is 0 Å². The molecule has 0 radical (unpaired) electrons. The topological polar surface area (TPSA) is 29.3 Å². The molecule has 2 aliphatic rings. The maximum absolute atomic E-state index is 5.95. The molecule has 17 heavy (non-hydrogen) atoms. The first kappa shape index (κ1) is 11.4. The van der Waals surface area contributed by atoms with Crippen molar-refractivity contribution in [2.45, 2.75) is 38.3 Å². The van der Waals surface area contributed by atoms with E-state index in [1.165, 1.54) is 37.8 Å². The predicted octanol–water partition coefficient (Wildman–Crippen LogP) is 3.30. The first-order valence-corrected chi connectivity index (χ1v) is 6.88. The van der Waals surface area contributed by atoms with Crippen molar-refractivity contribution in [3.8, 4) is 0 Å². The van der Waals surface area contributed by atoms with Crippen LogP contribution in [0.3, 0.4) is 0 Å². The molecule has 0 bridgehead atoms. The fraction of sp³-hybridized carbons (Fsp3) is 0.571. The Kier molecular flexibility index (Phi) is 3.01. The lowest BCUT2D eigenvalue weighted by Gasteiger charge is -2.22. The van der Waals surface area contributed by atoms with Gasteiger partial charge in [0, 0.05) is 19.1 Å². The minimum atomic E-state index is 0.661. The summed E-state index contributed by atoms with van der Waals surface area (Å²) in [7, 11) is 0. The normalized spacial score (nSPS) is 19.9. The molecule has 2 saturated carbocycles. The summed E-state index contributed by atoms with van der Waals surface area (Å²) in [5, 5.41) is 0.661. The van der Waals surface area contributed by atoms with E-state index in [0.29, 0.717) is 10.7 Å². The van der Waals surface area contributed by atoms with Crippen molar-refractivity contribution < 1.29 is 0 Å². The summed E-state index contributed by atoms with van der Waals surface area (Å²) in [6.45, 7) is 2.30. The fourth-order valence-corrected chi connectivity index (χ4v) is 2.46. The molecule has 0 unspecified atom stereocenters. The van der Waals surface area contributed by atoms with Crippen molar-refractivity contribution in [2.24, 2.45) is 5.92 Å². The summed E-state index contributed by atoms with van der Waals surface area (Å²) in [5.41, 5.74) is 7.84. The summed E-state index contributed by atoms with van der Waals surface area (Å²) in [6.07, 6.45) is 5.59. The summed E-state index contributed by atoms with van der Waals surface area (Å²) in [6, 6.07) is 6.85. The molecule has 3 rings (SSSR count). The highest BCUT2D eigenvalue weighted by molar-refractivity contribution is 6.33. The Labute approximate surface area is 108 Å². The third-order valence-electron chi connectivity index (χ3n) is 3.70. The van der Waals surface area contributed by atoms with Crippen molar-refractivity contribution in [3.63, 3.8) is 0 Å². The van der Waals surface area contributed by atoms with Gasteiger partial charge in [-0.25, -0.2) is 0 Å². The van der Waals surface area contributed by atoms with E-state index in [4.69, 9.17) is 17.3 Å². The molecular formula is C14H19ClN2. The molecule has 0 aliphatic heterocycles. The SMILES string of the molecule is Nc1cc(CN(CC2CC2)C2CC2)ccc1Cl. The zero-order chi connectivity index (χ0) is 11.8. The summed E-state index contributed by atoms with van der Waals surface area (Å²) in [4.78, 5) is 2.63. The molecule has 2 nitrogen and oxygen atoms in total. The van der Waals surface area contributed by atoms with Gasteiger partial charge in [0.1, 0.15) is 0 Å². The van der Waals surface area contributed by atoms with Crippen LogP contribution >= 0.6 is 11.6 Å². The predicted molar refractivity (Wildman–Crippen MR) is 72.0 cm³/mol. The number of anilines is 1. The second kappa shape index (κ2) is 4.51. The number of nitrogens with two attached hydrogens (primary N) is 1. The van der Waals surface area contributed by atoms with E-state index in [1.54, 1.807) is 0 Å². The molecule has 92 valence electrons. The standard InChI is InChI=1S/C14H19ClN2/c15-13-6-3-11(7-14(13)16)9-17(12-4-5-12)8-10-1-2-10/h3,6-7,10,12H,1-2,4-5,8-9,16H2. The van der Waals surface area contributed by atoms with Crippen LogP contribution in [0.5, 0.6) is 0 Å². The fourth-order valence-electron chi connectivity index (χ4n) is 2.34. The van der Waals surface area contributed by atoms with Gasteiger partial charge in [-0.2, -0.15) is 0 Å². The van der Waals surface area contributed by atoms with Gasteiger partial charge in [-0.05, 0) is 49.3 Å². The molecule has 0 aromatic heterocycles. The van der Waals surface area contributed by atoms with Crippen LogP contribution in [-0.4, -0.2) is 17.5 Å². The molecule has 0 spiro atoms. The van der Waals surface area contributed by atoms with Crippen LogP contribution in [0.2, 0.25) is 5.02 Å². The van der Waals surface area contributed by atoms with Crippen LogP contribution in [0.4, 0.5) is 5.69 Å². The highest BCUT2D eigenvalue weighted by Gasteiger charge is 2.33. The van der Waals surface area contributed by atoms with E-state index in [9.17, 15) is 0 Å². The van der Waals surface area contributed by atoms with Crippen molar-refractivity contribution >= 4 is 17.3 Å². The minimum absolute atomic E-state index is 0.661. The minimum Gasteiger partial charge on any atom is -0.398 e. The van der Waals surface area contributed by atoms with Crippen LogP contribution in [0.25, 0.3) is 0 Å². The summed E-state index contributed by atoms with van der Waals surface area (Å²) < 4.78 is 0. The number of rotatable bonds is 5. The number of nitrogens with zero attached hydrogens (tertiary/aromatic N) is 1. The molecule has 1 aromatic carbocycles. The third-order valence-corrected chi connectivity index (χ3v) is 4.04. The van der Waals surface area contributed by atoms with E-state index < -0.39 is 0 Å². The first-order valence-electron chi connectivity index (χ1n) is 6.50. The molecule has 0 amide bonds. The van der Waals surface area contributed by atoms with Crippen LogP contribution in [0.15, 0.2) is 18.2 Å². The number of hydrogen-bond donors (Lipinski definition) is 1. The Balaban J connectivity index is 1.67. The van der Waals surface area contributed by atoms with Gasteiger partial charge < -0.3 is 5.73 Å². The van der Waals surface area contributed by atoms with Crippen molar-refractivity contribution in [1.29, 1.82) is 0 Å². The van der Waals surface area contributed by atoms with Crippen molar-refractivity contribution in [1.82, 2.24) is 4.90 Å². The zero-order valence-corrected chi connectivity index (χ0v) is 10.8. The van der Waals surface area contributed by atoms with E-state index in [2.05, 4.69) is 11.0 Å². The summed E-state index contributed by atoms with van der Waals surface area (Å²) in [5.74, 6) is 0.959. The van der Waals surface area contributed by atoms with Gasteiger partial charge in [-0.1, -0.05) is 17.7 Å². The molecule has 0 heterocycles. The van der Waals surface area contributed by atoms with Gasteiger partial charge in [0.25, 0.3) is 0 Å². The third kappa shape index (κ3) is 2.93. The van der Waals surface area contributed by atoms with Gasteiger partial charge in [0.15, 0.2) is 0 Å². The van der Waals surface area contributed by atoms with Crippen LogP contribution in [0.1, 0.15) is 31.2 Å². The molecule has 2 N–H and O–H groups in total. The maximum atomic E-state index is 5.95. The van der Waals surface area contributed by atoms with Crippen LogP contribution < -0.4 is 5.73 Å². The Morgan fingerprint density at radius 3 is 2.59 bits per heavy atom. The number of halogens is 1. The Hall–Kier alpha value is -0.730. The number of nitrogen functional groups attached to an aromatic ring is 1. The lowest BCUT2D eigenvalue weighted by atomic mass is 10.2. The second-order valence-electron chi connectivity index (χ2n) is 5.46. The largest absolute Gasteiger partial charge is 0.398 e. The monoisotopic (exact) mass is 250 g/mol. The van der Waals surface area contributed by atoms with E-state index in [-0.39, 0.29) is 0 Å². The maximum Gasteiger partial charge on any atom is 0.0635 e. The van der Waals surface area contributed by atoms with Crippen LogP contribution in [-0.2, 0) is 6.54 Å². The molecule has 1 aromatic rings. The highest BCUT2D eigenvalue weighted by Crippen LogP contribution is 2.35. The Morgan fingerprint density at radius 2 is 2.00 bits per heavy atom. The molecule has 0 saturated heterocycles. The molecule has 2 aliphatic carbocycles. The van der Waals surface area contributed by atoms with E-state index in [0.717, 1.165) is 18.5 Å². The smallest absolute Gasteiger partial charge is 0.0635 e. The Bertz CT molecular complexity index is 411. The lowest BCUT2D eigenvalue weighted by Crippen LogP contribution is -2.27. The second-order valence-corrected chi connectivity index (χ2v) is 5.87. The van der Waals surface area contributed by atoms with Gasteiger partial charge in [0.2, 0.25) is 0 Å². The summed E-state index contributed by atoms with van der Waals surface area (Å²) >= 11 is 5.95. The van der Waals surface area contributed by atoms with E-state index >= 15 is 0 Å². The van der Waals surface area contributed by atoms with Crippen molar-refractivity contribution in [3.05, 3.63) is 28.8 Å². The lowest BCUT2D eigenvalue weighted by molar-refractivity contribution is 0.244. The van der Waals surface area contributed by atoms with Crippen LogP contribution in [0, 0.1) is 5.92 Å². The average molecular weight is 251 g/mol. The van der Waals surface area contributed by atoms with Gasteiger partial charge in [0.05, 0.1) is 10.7 Å². The average Bonchev–Trinajstić information content (AvgIpc) is 3.15. The quantitative estimate of drug-likeness (QED) is 0.813. The molecule has 3 heteroatoms. The Morgan fingerprint density at radius 1 is 1.24 bits per heavy atom. The zero-order valence-electron chi connectivity index (χ0n) is 10.0.